The minimum atomic E-state index is -6.72. The van der Waals surface area contributed by atoms with Gasteiger partial charge in [0.2, 0.25) is 0 Å². The molecule has 0 aliphatic rings. The van der Waals surface area contributed by atoms with Gasteiger partial charge in [0, 0.05) is 12.6 Å². The summed E-state index contributed by atoms with van der Waals surface area (Å²) in [5.41, 5.74) is -12.5. The Hall–Kier alpha value is -1.51. The third-order valence-corrected chi connectivity index (χ3v) is 7.25. The summed E-state index contributed by atoms with van der Waals surface area (Å²) in [6.07, 6.45) is -0.458. The molecule has 0 fully saturated rings. The summed E-state index contributed by atoms with van der Waals surface area (Å²) in [6, 6.07) is -2.72. The fourth-order valence-corrected chi connectivity index (χ4v) is 5.17. The predicted octanol–water partition coefficient (Wildman–Crippen LogP) is 1.45. The molecule has 0 rings (SSSR count). The van der Waals surface area contributed by atoms with E-state index < -0.39 is 53.8 Å². The van der Waals surface area contributed by atoms with Crippen molar-refractivity contribution in [3.8, 4) is 0 Å². The lowest BCUT2D eigenvalue weighted by molar-refractivity contribution is -0.0473. The van der Waals surface area contributed by atoms with Gasteiger partial charge in [0.25, 0.3) is 19.7 Å². The van der Waals surface area contributed by atoms with Crippen LogP contribution in [-0.4, -0.2) is 51.1 Å². The molecule has 0 aliphatic heterocycles. The van der Waals surface area contributed by atoms with Crippen molar-refractivity contribution in [2.24, 2.45) is 0 Å². The number of rotatable bonds is 7. The van der Waals surface area contributed by atoms with Gasteiger partial charge in [-0.25, -0.2) is 21.6 Å². The Kier molecular flexibility index (Phi) is 7.33. The third-order valence-electron chi connectivity index (χ3n) is 2.67. The molecule has 0 saturated heterocycles. The fraction of sp³-hybridized carbons (Fsp3) is 0.700. The van der Waals surface area contributed by atoms with Crippen LogP contribution in [0.3, 0.4) is 0 Å². The van der Waals surface area contributed by atoms with Crippen molar-refractivity contribution < 1.29 is 48.0 Å². The number of carbonyl (C=O) groups is 1. The van der Waals surface area contributed by atoms with E-state index in [0.717, 1.165) is 6.92 Å². The molecule has 2 N–H and O–H groups in total. The Balaban J connectivity index is 5.74. The highest BCUT2D eigenvalue weighted by Crippen LogP contribution is 2.38. The average molecular weight is 420 g/mol. The van der Waals surface area contributed by atoms with E-state index >= 15 is 0 Å². The number of halogens is 6. The lowest BCUT2D eigenvalue weighted by Crippen LogP contribution is -2.49. The van der Waals surface area contributed by atoms with Gasteiger partial charge in [-0.05, 0) is 13.3 Å². The fourth-order valence-electron chi connectivity index (χ4n) is 1.51. The lowest BCUT2D eigenvalue weighted by atomic mass is 10.3. The summed E-state index contributed by atoms with van der Waals surface area (Å²) in [5, 5.41) is 3.89. The second-order valence-corrected chi connectivity index (χ2v) is 9.23. The monoisotopic (exact) mass is 420 g/mol. The van der Waals surface area contributed by atoms with Crippen LogP contribution in [0.15, 0.2) is 12.7 Å². The molecule has 0 aromatic rings. The van der Waals surface area contributed by atoms with Crippen molar-refractivity contribution >= 4 is 25.7 Å². The third kappa shape index (κ3) is 5.76. The average Bonchev–Trinajstić information content (AvgIpc) is 2.39. The first-order chi connectivity index (χ1) is 11.0. The van der Waals surface area contributed by atoms with Gasteiger partial charge in [-0.2, -0.15) is 26.3 Å². The van der Waals surface area contributed by atoms with E-state index in [4.69, 9.17) is 0 Å². The molecule has 0 spiro atoms. The zero-order valence-corrected chi connectivity index (χ0v) is 14.1. The van der Waals surface area contributed by atoms with Gasteiger partial charge in [0.1, 0.15) is 0 Å². The molecule has 0 bridgehead atoms. The Morgan fingerprint density at radius 2 is 1.44 bits per heavy atom. The molecule has 1 atom stereocenters. The van der Waals surface area contributed by atoms with Gasteiger partial charge in [-0.3, -0.25) is 0 Å². The van der Waals surface area contributed by atoms with Crippen LogP contribution in [-0.2, 0) is 19.7 Å². The van der Waals surface area contributed by atoms with E-state index in [1.807, 2.05) is 5.32 Å². The van der Waals surface area contributed by atoms with Crippen molar-refractivity contribution in [2.75, 3.05) is 6.54 Å². The second-order valence-electron chi connectivity index (χ2n) is 4.69. The van der Waals surface area contributed by atoms with Crippen LogP contribution in [0.25, 0.3) is 0 Å². The topological polar surface area (TPSA) is 109 Å². The molecule has 0 aromatic carbocycles. The number of amides is 2. The molecular formula is C10H14F6N2O5S2. The number of alkyl halides is 6. The first kappa shape index (κ1) is 23.5. The van der Waals surface area contributed by atoms with Crippen LogP contribution in [0.4, 0.5) is 31.1 Å². The number of hydrogen-bond donors (Lipinski definition) is 2. The van der Waals surface area contributed by atoms with Crippen LogP contribution in [0, 0.1) is 0 Å². The molecule has 0 aliphatic carbocycles. The molecule has 0 heterocycles. The van der Waals surface area contributed by atoms with E-state index in [-0.39, 0.29) is 6.54 Å². The number of sulfone groups is 2. The highest BCUT2D eigenvalue weighted by atomic mass is 32.3. The van der Waals surface area contributed by atoms with Crippen LogP contribution < -0.4 is 10.6 Å². The molecule has 2 amide bonds. The largest absolute Gasteiger partial charge is 0.498 e. The van der Waals surface area contributed by atoms with Gasteiger partial charge in [0.15, 0.2) is 4.58 Å². The quantitative estimate of drug-likeness (QED) is 0.479. The van der Waals surface area contributed by atoms with E-state index in [2.05, 4.69) is 11.9 Å². The van der Waals surface area contributed by atoms with Crippen molar-refractivity contribution in [1.29, 1.82) is 0 Å². The molecule has 25 heavy (non-hydrogen) atoms. The van der Waals surface area contributed by atoms with E-state index in [1.54, 1.807) is 0 Å². The van der Waals surface area contributed by atoms with Crippen LogP contribution >= 0.6 is 0 Å². The number of nitrogens with one attached hydrogen (secondary N) is 2. The smallest absolute Gasteiger partial charge is 0.336 e. The summed E-state index contributed by atoms with van der Waals surface area (Å²) in [7, 11) is -13.4. The lowest BCUT2D eigenvalue weighted by Gasteiger charge is -2.24. The number of urea groups is 1. The van der Waals surface area contributed by atoms with Crippen LogP contribution in [0.2, 0.25) is 0 Å². The first-order valence-electron chi connectivity index (χ1n) is 6.24. The summed E-state index contributed by atoms with van der Waals surface area (Å²) in [5.74, 6) is 0. The van der Waals surface area contributed by atoms with Crippen molar-refractivity contribution in [2.45, 2.75) is 35.0 Å². The maximum Gasteiger partial charge on any atom is 0.498 e. The summed E-state index contributed by atoms with van der Waals surface area (Å²) in [6.45, 7) is 3.97. The Bertz CT molecular complexity index is 654. The zero-order valence-electron chi connectivity index (χ0n) is 12.5. The zero-order chi connectivity index (χ0) is 20.3. The number of hydrogen-bond acceptors (Lipinski definition) is 5. The normalized spacial score (nSPS) is 14.9. The molecule has 7 nitrogen and oxygen atoms in total. The van der Waals surface area contributed by atoms with Crippen molar-refractivity contribution in [3.05, 3.63) is 12.7 Å². The van der Waals surface area contributed by atoms with Gasteiger partial charge in [-0.15, -0.1) is 6.58 Å². The molecule has 0 radical (unpaired) electrons. The molecule has 148 valence electrons. The maximum atomic E-state index is 12.6. The minimum absolute atomic E-state index is 0.107. The van der Waals surface area contributed by atoms with Gasteiger partial charge < -0.3 is 10.6 Å². The molecule has 1 unspecified atom stereocenters. The van der Waals surface area contributed by atoms with Crippen LogP contribution in [0.1, 0.15) is 13.3 Å². The van der Waals surface area contributed by atoms with Crippen LogP contribution in [0.5, 0.6) is 0 Å². The number of carbonyl (C=O) groups excluding carboxylic acids is 1. The predicted molar refractivity (Wildman–Crippen MR) is 74.5 cm³/mol. The molecular weight excluding hydrogens is 406 g/mol. The summed E-state index contributed by atoms with van der Waals surface area (Å²) in [4.78, 5) is 11.3. The van der Waals surface area contributed by atoms with Gasteiger partial charge >= 0.3 is 17.0 Å². The molecule has 15 heteroatoms. The van der Waals surface area contributed by atoms with E-state index in [1.165, 1.54) is 6.08 Å². The highest BCUT2D eigenvalue weighted by molar-refractivity contribution is 8.09. The maximum absolute atomic E-state index is 12.6. The van der Waals surface area contributed by atoms with Crippen molar-refractivity contribution in [3.63, 3.8) is 0 Å². The molecule has 0 saturated carbocycles. The molecule has 0 aromatic heterocycles. The summed E-state index contributed by atoms with van der Waals surface area (Å²) < 4.78 is 117. The van der Waals surface area contributed by atoms with Crippen molar-refractivity contribution in [1.82, 2.24) is 10.6 Å². The second kappa shape index (κ2) is 7.80. The van der Waals surface area contributed by atoms with E-state index in [9.17, 15) is 48.0 Å². The van der Waals surface area contributed by atoms with E-state index in [0.29, 0.717) is 0 Å². The Morgan fingerprint density at radius 3 is 1.76 bits per heavy atom. The standard InChI is InChI=1S/C10H14F6N2O5S2/c1-3-4-17-8(19)18-6(2)5-7(24(20,21)9(11,12)13)25(22,23)10(14,15)16/h3,6-7H,1,4-5H2,2H3,(H2,17,18,19). The SMILES string of the molecule is C=CCNC(=O)NC(C)CC(S(=O)(=O)C(F)(F)F)S(=O)(=O)C(F)(F)F. The summed E-state index contributed by atoms with van der Waals surface area (Å²) >= 11 is 0. The Morgan fingerprint density at radius 1 is 1.04 bits per heavy atom. The first-order valence-corrected chi connectivity index (χ1v) is 9.33. The highest BCUT2D eigenvalue weighted by Gasteiger charge is 2.62. The Labute approximate surface area is 139 Å². The minimum Gasteiger partial charge on any atom is -0.336 e. The van der Waals surface area contributed by atoms with Gasteiger partial charge in [-0.1, -0.05) is 6.08 Å². The van der Waals surface area contributed by atoms with Gasteiger partial charge in [0.05, 0.1) is 0 Å².